The van der Waals surface area contributed by atoms with Gasteiger partial charge in [0, 0.05) is 16.2 Å². The van der Waals surface area contributed by atoms with Gasteiger partial charge >= 0.3 is 12.1 Å². The number of nitrogens with zero attached hydrogens (tertiary/aromatic N) is 1. The Morgan fingerprint density at radius 1 is 1.21 bits per heavy atom. The molecule has 4 aromatic rings. The Morgan fingerprint density at radius 2 is 1.94 bits per heavy atom. The molecular weight excluding hydrogens is 455 g/mol. The summed E-state index contributed by atoms with van der Waals surface area (Å²) in [6, 6.07) is 10.2. The molecule has 4 rings (SSSR count). The number of thiophene rings is 1. The molecule has 0 aliphatic heterocycles. The molecule has 0 saturated carbocycles. The molecule has 5 nitrogen and oxygen atoms in total. The third kappa shape index (κ3) is 5.03. The van der Waals surface area contributed by atoms with Crippen molar-refractivity contribution < 1.29 is 32.2 Å². The van der Waals surface area contributed by atoms with E-state index in [1.54, 1.807) is 13.0 Å². The van der Waals surface area contributed by atoms with Crippen LogP contribution in [0.5, 0.6) is 5.75 Å². The van der Waals surface area contributed by atoms with Crippen molar-refractivity contribution >= 4 is 27.4 Å². The molecule has 1 N–H and O–H groups in total. The molecule has 1 unspecified atom stereocenters. The Hall–Kier alpha value is -3.33. The van der Waals surface area contributed by atoms with Crippen LogP contribution in [0.3, 0.4) is 0 Å². The zero-order valence-electron chi connectivity index (χ0n) is 17.8. The Balaban J connectivity index is 1.45. The van der Waals surface area contributed by atoms with Crippen molar-refractivity contribution in [1.29, 1.82) is 0 Å². The number of alkyl halides is 3. The number of hydrogen-bond acceptors (Lipinski definition) is 5. The largest absolute Gasteiger partial charge is 0.493 e. The fourth-order valence-electron chi connectivity index (χ4n) is 3.54. The van der Waals surface area contributed by atoms with Gasteiger partial charge in [-0.1, -0.05) is 6.92 Å². The molecule has 2 heterocycles. The number of aryl methyl sites for hydroxylation is 1. The quantitative estimate of drug-likeness (QED) is 0.322. The van der Waals surface area contributed by atoms with Crippen molar-refractivity contribution in [2.24, 2.45) is 0 Å². The third-order valence-electron chi connectivity index (χ3n) is 5.23. The molecule has 0 bridgehead atoms. The van der Waals surface area contributed by atoms with Gasteiger partial charge in [-0.2, -0.15) is 13.2 Å². The zero-order valence-corrected chi connectivity index (χ0v) is 18.6. The molecule has 0 fully saturated rings. The fourth-order valence-corrected chi connectivity index (χ4v) is 4.53. The molecule has 172 valence electrons. The summed E-state index contributed by atoms with van der Waals surface area (Å²) in [6.07, 6.45) is -4.42. The van der Waals surface area contributed by atoms with E-state index < -0.39 is 17.7 Å². The van der Waals surface area contributed by atoms with Gasteiger partial charge in [0.05, 0.1) is 24.3 Å². The van der Waals surface area contributed by atoms with Gasteiger partial charge in [-0.05, 0) is 65.7 Å². The maximum Gasteiger partial charge on any atom is 0.416 e. The van der Waals surface area contributed by atoms with Gasteiger partial charge in [0.15, 0.2) is 0 Å². The number of fused-ring (bicyclic) bond motifs is 1. The minimum absolute atomic E-state index is 0.0239. The van der Waals surface area contributed by atoms with Crippen molar-refractivity contribution in [2.45, 2.75) is 32.4 Å². The van der Waals surface area contributed by atoms with E-state index >= 15 is 0 Å². The maximum absolute atomic E-state index is 12.8. The molecule has 0 aliphatic carbocycles. The SMILES string of the molecule is Cc1oc(-c2ccc(C(F)(F)F)cc2)nc1C(C)COc1ccc2c(CC(=O)O)csc2c1. The predicted octanol–water partition coefficient (Wildman–Crippen LogP) is 6.69. The smallest absolute Gasteiger partial charge is 0.416 e. The lowest BCUT2D eigenvalue weighted by molar-refractivity contribution is -0.138. The van der Waals surface area contributed by atoms with Gasteiger partial charge in [-0.3, -0.25) is 4.79 Å². The summed E-state index contributed by atoms with van der Waals surface area (Å²) in [5, 5.41) is 11.8. The standard InChI is InChI=1S/C24H20F3NO4S/c1-13(11-31-18-7-8-19-16(9-21(29)30)12-33-20(19)10-18)22-14(2)32-23(28-22)15-3-5-17(6-4-15)24(25,26)27/h3-8,10,12-13H,9,11H2,1-2H3,(H,29,30). The van der Waals surface area contributed by atoms with E-state index in [4.69, 9.17) is 14.3 Å². The van der Waals surface area contributed by atoms with E-state index in [9.17, 15) is 18.0 Å². The Bertz CT molecular complexity index is 1290. The first-order chi connectivity index (χ1) is 15.6. The number of carboxylic acid groups (broad SMARTS) is 1. The van der Waals surface area contributed by atoms with Crippen LogP contribution in [0.1, 0.15) is 35.4 Å². The van der Waals surface area contributed by atoms with Crippen LogP contribution >= 0.6 is 11.3 Å². The Kier molecular flexibility index (Phi) is 6.16. The molecular formula is C24H20F3NO4S. The van der Waals surface area contributed by atoms with Gasteiger partial charge in [0.2, 0.25) is 5.89 Å². The van der Waals surface area contributed by atoms with E-state index in [0.717, 1.165) is 27.8 Å². The van der Waals surface area contributed by atoms with Crippen LogP contribution in [0.2, 0.25) is 0 Å². The van der Waals surface area contributed by atoms with Crippen LogP contribution in [0, 0.1) is 6.92 Å². The van der Waals surface area contributed by atoms with Gasteiger partial charge < -0.3 is 14.3 Å². The first-order valence-electron chi connectivity index (χ1n) is 10.1. The second-order valence-corrected chi connectivity index (χ2v) is 8.65. The number of aliphatic carboxylic acids is 1. The summed E-state index contributed by atoms with van der Waals surface area (Å²) in [5.74, 6) is 0.491. The Morgan fingerprint density at radius 3 is 2.61 bits per heavy atom. The zero-order chi connectivity index (χ0) is 23.8. The second-order valence-electron chi connectivity index (χ2n) is 7.74. The highest BCUT2D eigenvalue weighted by atomic mass is 32.1. The van der Waals surface area contributed by atoms with Crippen LogP contribution in [0.15, 0.2) is 52.3 Å². The molecule has 0 saturated heterocycles. The number of halogens is 3. The average Bonchev–Trinajstić information content (AvgIpc) is 3.34. The highest BCUT2D eigenvalue weighted by molar-refractivity contribution is 7.17. The minimum Gasteiger partial charge on any atom is -0.493 e. The molecule has 33 heavy (non-hydrogen) atoms. The van der Waals surface area contributed by atoms with E-state index in [-0.39, 0.29) is 18.2 Å². The summed E-state index contributed by atoms with van der Waals surface area (Å²) in [6.45, 7) is 4.00. The number of hydrogen-bond donors (Lipinski definition) is 1. The normalized spacial score (nSPS) is 12.8. The maximum atomic E-state index is 12.8. The lowest BCUT2D eigenvalue weighted by atomic mass is 10.1. The van der Waals surface area contributed by atoms with Gasteiger partial charge in [0.1, 0.15) is 11.5 Å². The van der Waals surface area contributed by atoms with Crippen LogP contribution in [0.25, 0.3) is 21.5 Å². The summed E-state index contributed by atoms with van der Waals surface area (Å²) >= 11 is 1.47. The molecule has 0 spiro atoms. The molecule has 2 aromatic carbocycles. The monoisotopic (exact) mass is 475 g/mol. The third-order valence-corrected chi connectivity index (χ3v) is 6.22. The number of carboxylic acids is 1. The molecule has 0 aliphatic rings. The van der Waals surface area contributed by atoms with Crippen molar-refractivity contribution in [3.05, 3.63) is 70.4 Å². The van der Waals surface area contributed by atoms with Crippen LogP contribution in [-0.2, 0) is 17.4 Å². The van der Waals surface area contributed by atoms with Gasteiger partial charge in [0.25, 0.3) is 0 Å². The van der Waals surface area contributed by atoms with E-state index in [2.05, 4.69) is 4.98 Å². The summed E-state index contributed by atoms with van der Waals surface area (Å²) in [5.41, 5.74) is 1.18. The number of oxazole rings is 1. The molecule has 0 amide bonds. The second kappa shape index (κ2) is 8.90. The summed E-state index contributed by atoms with van der Waals surface area (Å²) in [7, 11) is 0. The first-order valence-corrected chi connectivity index (χ1v) is 11.0. The number of ether oxygens (including phenoxy) is 1. The first kappa shape index (κ1) is 22.8. The fraction of sp³-hybridized carbons (Fsp3) is 0.250. The lowest BCUT2D eigenvalue weighted by Gasteiger charge is -2.11. The minimum atomic E-state index is -4.40. The van der Waals surface area contributed by atoms with Crippen LogP contribution in [-0.4, -0.2) is 22.7 Å². The Labute approximate surface area is 191 Å². The number of rotatable bonds is 7. The number of aromatic nitrogens is 1. The number of benzene rings is 2. The van der Waals surface area contributed by atoms with E-state index in [1.807, 2.05) is 24.4 Å². The lowest BCUT2D eigenvalue weighted by Crippen LogP contribution is -2.08. The topological polar surface area (TPSA) is 72.6 Å². The van der Waals surface area contributed by atoms with Crippen LogP contribution in [0.4, 0.5) is 13.2 Å². The molecule has 9 heteroatoms. The van der Waals surface area contributed by atoms with Gasteiger partial charge in [-0.15, -0.1) is 11.3 Å². The van der Waals surface area contributed by atoms with Gasteiger partial charge in [-0.25, -0.2) is 4.98 Å². The van der Waals surface area contributed by atoms with Crippen molar-refractivity contribution in [2.75, 3.05) is 6.61 Å². The summed E-state index contributed by atoms with van der Waals surface area (Å²) in [4.78, 5) is 15.5. The van der Waals surface area contributed by atoms with E-state index in [1.165, 1.54) is 23.5 Å². The molecule has 1 atom stereocenters. The molecule has 0 radical (unpaired) electrons. The van der Waals surface area contributed by atoms with Crippen molar-refractivity contribution in [3.8, 4) is 17.2 Å². The predicted molar refractivity (Wildman–Crippen MR) is 119 cm³/mol. The average molecular weight is 475 g/mol. The van der Waals surface area contributed by atoms with Crippen molar-refractivity contribution in [1.82, 2.24) is 4.98 Å². The van der Waals surface area contributed by atoms with Crippen LogP contribution < -0.4 is 4.74 Å². The summed E-state index contributed by atoms with van der Waals surface area (Å²) < 4.78 is 50.9. The highest BCUT2D eigenvalue weighted by Gasteiger charge is 2.30. The van der Waals surface area contributed by atoms with Crippen molar-refractivity contribution in [3.63, 3.8) is 0 Å². The highest BCUT2D eigenvalue weighted by Crippen LogP contribution is 2.33. The molecule has 2 aromatic heterocycles. The van der Waals surface area contributed by atoms with E-state index in [0.29, 0.717) is 29.4 Å². The number of carbonyl (C=O) groups is 1.